The highest BCUT2D eigenvalue weighted by Crippen LogP contribution is 1.92. The molecule has 1 rings (SSSR count). The van der Waals surface area contributed by atoms with Gasteiger partial charge in [0.1, 0.15) is 0 Å². The number of hydrazine groups is 1. The van der Waals surface area contributed by atoms with E-state index in [1.165, 1.54) is 7.05 Å². The first-order valence-corrected chi connectivity index (χ1v) is 2.64. The van der Waals surface area contributed by atoms with Gasteiger partial charge in [-0.25, -0.2) is 9.59 Å². The molecule has 1 fully saturated rings. The highest BCUT2D eigenvalue weighted by molar-refractivity contribution is 5.84. The molecule has 1 aliphatic rings. The van der Waals surface area contributed by atoms with Gasteiger partial charge >= 0.3 is 12.0 Å². The van der Waals surface area contributed by atoms with Gasteiger partial charge in [0.2, 0.25) is 0 Å². The summed E-state index contributed by atoms with van der Waals surface area (Å²) in [6.45, 7) is 0. The third kappa shape index (κ3) is 1.01. The fraction of sp³-hybridized carbons (Fsp3) is 0.500. The number of nitrogens with one attached hydrogen (secondary N) is 2. The van der Waals surface area contributed by atoms with Crippen molar-refractivity contribution in [2.75, 3.05) is 7.05 Å². The fourth-order valence-electron chi connectivity index (χ4n) is 0.622. The van der Waals surface area contributed by atoms with Crippen LogP contribution in [0.25, 0.3) is 0 Å². The van der Waals surface area contributed by atoms with E-state index >= 15 is 0 Å². The van der Waals surface area contributed by atoms with Gasteiger partial charge in [-0.2, -0.15) is 5.43 Å². The van der Waals surface area contributed by atoms with Gasteiger partial charge in [-0.1, -0.05) is 0 Å². The Labute approximate surface area is 56.8 Å². The van der Waals surface area contributed by atoms with Crippen molar-refractivity contribution in [3.05, 3.63) is 0 Å². The van der Waals surface area contributed by atoms with Crippen LogP contribution >= 0.6 is 0 Å². The van der Waals surface area contributed by atoms with E-state index in [2.05, 4.69) is 10.7 Å². The van der Waals surface area contributed by atoms with Crippen LogP contribution in [0.1, 0.15) is 0 Å². The summed E-state index contributed by atoms with van der Waals surface area (Å²) in [6, 6.07) is -0.438. The number of carboxylic acid groups (broad SMARTS) is 1. The van der Waals surface area contributed by atoms with Gasteiger partial charge in [-0.3, -0.25) is 5.01 Å². The van der Waals surface area contributed by atoms with E-state index in [9.17, 15) is 9.59 Å². The zero-order valence-electron chi connectivity index (χ0n) is 5.29. The molecule has 0 aliphatic carbocycles. The quantitative estimate of drug-likeness (QED) is 0.422. The molecule has 6 nitrogen and oxygen atoms in total. The average molecular weight is 145 g/mol. The van der Waals surface area contributed by atoms with Gasteiger partial charge in [-0.05, 0) is 0 Å². The molecule has 1 saturated heterocycles. The zero-order valence-corrected chi connectivity index (χ0v) is 5.29. The number of nitrogens with zero attached hydrogens (tertiary/aromatic N) is 1. The number of carbonyl (C=O) groups excluding carboxylic acids is 1. The van der Waals surface area contributed by atoms with Crippen molar-refractivity contribution < 1.29 is 14.7 Å². The van der Waals surface area contributed by atoms with Crippen LogP contribution in [0.3, 0.4) is 0 Å². The van der Waals surface area contributed by atoms with Crippen molar-refractivity contribution >= 4 is 12.0 Å². The van der Waals surface area contributed by atoms with E-state index in [-0.39, 0.29) is 0 Å². The van der Waals surface area contributed by atoms with Crippen LogP contribution in [-0.4, -0.2) is 35.3 Å². The molecule has 10 heavy (non-hydrogen) atoms. The lowest BCUT2D eigenvalue weighted by atomic mass is 10.5. The summed E-state index contributed by atoms with van der Waals surface area (Å²) >= 11 is 0. The van der Waals surface area contributed by atoms with Gasteiger partial charge in [0.05, 0.1) is 0 Å². The first-order valence-electron chi connectivity index (χ1n) is 2.64. The third-order valence-electron chi connectivity index (χ3n) is 1.14. The molecule has 0 aromatic heterocycles. The predicted molar refractivity (Wildman–Crippen MR) is 30.9 cm³/mol. The molecule has 1 aliphatic heterocycles. The van der Waals surface area contributed by atoms with Crippen molar-refractivity contribution in [3.8, 4) is 0 Å². The molecule has 2 amide bonds. The van der Waals surface area contributed by atoms with Crippen molar-refractivity contribution in [1.29, 1.82) is 0 Å². The van der Waals surface area contributed by atoms with E-state index < -0.39 is 18.2 Å². The Morgan fingerprint density at radius 3 is 2.60 bits per heavy atom. The Morgan fingerprint density at radius 2 is 2.40 bits per heavy atom. The monoisotopic (exact) mass is 145 g/mol. The lowest BCUT2D eigenvalue weighted by Gasteiger charge is -2.05. The lowest BCUT2D eigenvalue weighted by Crippen LogP contribution is -2.41. The van der Waals surface area contributed by atoms with Crippen LogP contribution in [0.5, 0.6) is 0 Å². The second kappa shape index (κ2) is 2.14. The van der Waals surface area contributed by atoms with Crippen LogP contribution in [0.15, 0.2) is 0 Å². The molecular formula is C4H7N3O3. The van der Waals surface area contributed by atoms with Gasteiger partial charge in [0.15, 0.2) is 6.17 Å². The Hall–Kier alpha value is -1.30. The number of aliphatic carboxylic acids is 1. The maximum Gasteiger partial charge on any atom is 0.343 e. The van der Waals surface area contributed by atoms with E-state index in [1.807, 2.05) is 0 Å². The number of carbonyl (C=O) groups is 2. The number of hydrogen-bond donors (Lipinski definition) is 3. The first-order chi connectivity index (χ1) is 4.61. The van der Waals surface area contributed by atoms with E-state index in [4.69, 9.17) is 5.11 Å². The summed E-state index contributed by atoms with van der Waals surface area (Å²) in [7, 11) is 1.44. The Balaban J connectivity index is 2.57. The van der Waals surface area contributed by atoms with Crippen LogP contribution in [0.4, 0.5) is 4.79 Å². The molecule has 0 spiro atoms. The molecule has 56 valence electrons. The summed E-state index contributed by atoms with van der Waals surface area (Å²) in [5.74, 6) is -1.10. The van der Waals surface area contributed by atoms with Crippen molar-refractivity contribution in [2.45, 2.75) is 6.17 Å². The zero-order chi connectivity index (χ0) is 7.72. The van der Waals surface area contributed by atoms with Crippen LogP contribution in [0, 0.1) is 0 Å². The highest BCUT2D eigenvalue weighted by atomic mass is 16.4. The summed E-state index contributed by atoms with van der Waals surface area (Å²) in [5, 5.41) is 11.6. The topological polar surface area (TPSA) is 81.7 Å². The average Bonchev–Trinajstić information content (AvgIpc) is 2.13. The van der Waals surface area contributed by atoms with Gasteiger partial charge in [0, 0.05) is 7.05 Å². The van der Waals surface area contributed by atoms with Crippen LogP contribution < -0.4 is 10.7 Å². The number of urea groups is 1. The molecule has 6 heteroatoms. The van der Waals surface area contributed by atoms with E-state index in [0.717, 1.165) is 5.01 Å². The smallest absolute Gasteiger partial charge is 0.343 e. The summed E-state index contributed by atoms with van der Waals surface area (Å²) in [4.78, 5) is 20.8. The second-order valence-corrected chi connectivity index (χ2v) is 1.91. The molecule has 1 heterocycles. The summed E-state index contributed by atoms with van der Waals surface area (Å²) in [6.07, 6.45) is -0.988. The van der Waals surface area contributed by atoms with E-state index in [1.54, 1.807) is 0 Å². The van der Waals surface area contributed by atoms with Gasteiger partial charge in [-0.15, -0.1) is 0 Å². The molecule has 0 bridgehead atoms. The lowest BCUT2D eigenvalue weighted by molar-refractivity contribution is -0.140. The van der Waals surface area contributed by atoms with Gasteiger partial charge in [0.25, 0.3) is 0 Å². The van der Waals surface area contributed by atoms with Crippen molar-refractivity contribution in [2.24, 2.45) is 0 Å². The van der Waals surface area contributed by atoms with Crippen molar-refractivity contribution in [1.82, 2.24) is 15.8 Å². The molecule has 0 radical (unpaired) electrons. The highest BCUT2D eigenvalue weighted by Gasteiger charge is 2.29. The molecule has 0 saturated carbocycles. The SMILES string of the molecule is CN1NC(C(=O)O)NC1=O. The standard InChI is InChI=1S/C4H7N3O3/c1-7-4(10)5-2(6-7)3(8)9/h2,6H,1H3,(H,5,10)(H,8,9). The molecule has 0 aromatic carbocycles. The second-order valence-electron chi connectivity index (χ2n) is 1.91. The van der Waals surface area contributed by atoms with Crippen LogP contribution in [-0.2, 0) is 4.79 Å². The molecule has 1 unspecified atom stereocenters. The minimum absolute atomic E-state index is 0.438. The number of amides is 2. The maximum atomic E-state index is 10.6. The molecule has 3 N–H and O–H groups in total. The largest absolute Gasteiger partial charge is 0.479 e. The molecule has 1 atom stereocenters. The van der Waals surface area contributed by atoms with Gasteiger partial charge < -0.3 is 10.4 Å². The third-order valence-corrected chi connectivity index (χ3v) is 1.14. The Morgan fingerprint density at radius 1 is 1.80 bits per heavy atom. The minimum Gasteiger partial charge on any atom is -0.479 e. The maximum absolute atomic E-state index is 10.6. The minimum atomic E-state index is -1.10. The first kappa shape index (κ1) is 6.81. The Kier molecular flexibility index (Phi) is 1.46. The molecular weight excluding hydrogens is 138 g/mol. The number of rotatable bonds is 1. The molecule has 0 aromatic rings. The predicted octanol–water partition coefficient (Wildman–Crippen LogP) is -1.44. The Bertz CT molecular complexity index is 181. The van der Waals surface area contributed by atoms with Crippen LogP contribution in [0.2, 0.25) is 0 Å². The number of hydrogen-bond acceptors (Lipinski definition) is 3. The number of carboxylic acids is 1. The van der Waals surface area contributed by atoms with E-state index in [0.29, 0.717) is 0 Å². The summed E-state index contributed by atoms with van der Waals surface area (Å²) < 4.78 is 0. The normalized spacial score (nSPS) is 24.7. The van der Waals surface area contributed by atoms with Crippen molar-refractivity contribution in [3.63, 3.8) is 0 Å². The fourth-order valence-corrected chi connectivity index (χ4v) is 0.622. The summed E-state index contributed by atoms with van der Waals surface area (Å²) in [5.41, 5.74) is 2.38.